The maximum atomic E-state index is 12.6. The van der Waals surface area contributed by atoms with Crippen LogP contribution in [0.4, 0.5) is 18.9 Å². The van der Waals surface area contributed by atoms with Crippen molar-refractivity contribution in [2.75, 3.05) is 11.9 Å². The lowest BCUT2D eigenvalue weighted by Crippen LogP contribution is -2.14. The first-order valence-electron chi connectivity index (χ1n) is 6.33. The van der Waals surface area contributed by atoms with Crippen molar-refractivity contribution in [3.05, 3.63) is 47.8 Å². The number of alkyl halides is 3. The van der Waals surface area contributed by atoms with Crippen molar-refractivity contribution < 1.29 is 22.7 Å². The Kier molecular flexibility index (Phi) is 4.59. The van der Waals surface area contributed by atoms with E-state index in [2.05, 4.69) is 15.3 Å². The summed E-state index contributed by atoms with van der Waals surface area (Å²) in [6, 6.07) is 4.30. The van der Waals surface area contributed by atoms with Crippen LogP contribution >= 0.6 is 0 Å². The first kappa shape index (κ1) is 15.7. The van der Waals surface area contributed by atoms with Gasteiger partial charge in [0, 0.05) is 5.56 Å². The van der Waals surface area contributed by atoms with Crippen LogP contribution in [0.5, 0.6) is 6.01 Å². The van der Waals surface area contributed by atoms with E-state index in [1.54, 1.807) is 6.92 Å². The second-order valence-electron chi connectivity index (χ2n) is 4.22. The molecule has 22 heavy (non-hydrogen) atoms. The second kappa shape index (κ2) is 6.42. The molecule has 0 aliphatic rings. The number of hydrogen-bond donors (Lipinski definition) is 1. The topological polar surface area (TPSA) is 64.1 Å². The lowest BCUT2D eigenvalue weighted by Gasteiger charge is -2.09. The van der Waals surface area contributed by atoms with Gasteiger partial charge >= 0.3 is 12.2 Å². The van der Waals surface area contributed by atoms with Gasteiger partial charge in [0.25, 0.3) is 5.91 Å². The highest BCUT2D eigenvalue weighted by Crippen LogP contribution is 2.29. The van der Waals surface area contributed by atoms with Gasteiger partial charge in [-0.3, -0.25) is 4.79 Å². The quantitative estimate of drug-likeness (QED) is 0.942. The summed E-state index contributed by atoms with van der Waals surface area (Å²) in [6.07, 6.45) is -1.88. The van der Waals surface area contributed by atoms with Crippen molar-refractivity contribution in [2.24, 2.45) is 0 Å². The minimum Gasteiger partial charge on any atom is -0.464 e. The van der Waals surface area contributed by atoms with Crippen molar-refractivity contribution in [3.8, 4) is 6.01 Å². The van der Waals surface area contributed by atoms with Crippen LogP contribution in [0.2, 0.25) is 0 Å². The smallest absolute Gasteiger partial charge is 0.416 e. The lowest BCUT2D eigenvalue weighted by molar-refractivity contribution is -0.137. The molecule has 0 radical (unpaired) electrons. The van der Waals surface area contributed by atoms with E-state index in [9.17, 15) is 18.0 Å². The molecule has 116 valence electrons. The minimum atomic E-state index is -4.50. The predicted molar refractivity (Wildman–Crippen MR) is 72.6 cm³/mol. The van der Waals surface area contributed by atoms with Crippen LogP contribution in [-0.2, 0) is 6.18 Å². The molecule has 1 heterocycles. The third-order valence-electron chi connectivity index (χ3n) is 2.61. The van der Waals surface area contributed by atoms with Gasteiger partial charge < -0.3 is 10.1 Å². The van der Waals surface area contributed by atoms with Gasteiger partial charge in [0.15, 0.2) is 0 Å². The van der Waals surface area contributed by atoms with Crippen molar-refractivity contribution in [1.29, 1.82) is 0 Å². The van der Waals surface area contributed by atoms with E-state index in [0.717, 1.165) is 12.1 Å². The van der Waals surface area contributed by atoms with E-state index >= 15 is 0 Å². The zero-order valence-electron chi connectivity index (χ0n) is 11.5. The van der Waals surface area contributed by atoms with Crippen LogP contribution in [0.3, 0.4) is 0 Å². The highest BCUT2D eigenvalue weighted by atomic mass is 19.4. The fourth-order valence-corrected chi connectivity index (χ4v) is 1.62. The Hall–Kier alpha value is -2.64. The molecule has 0 unspecified atom stereocenters. The molecular weight excluding hydrogens is 299 g/mol. The van der Waals surface area contributed by atoms with E-state index in [-0.39, 0.29) is 17.3 Å². The fraction of sp³-hybridized carbons (Fsp3) is 0.214. The highest BCUT2D eigenvalue weighted by Gasteiger charge is 2.30. The molecule has 1 N–H and O–H groups in total. The molecule has 0 spiro atoms. The molecule has 0 saturated carbocycles. The number of aromatic nitrogens is 2. The van der Waals surface area contributed by atoms with E-state index in [1.807, 2.05) is 0 Å². The number of halogens is 3. The number of hydrogen-bond acceptors (Lipinski definition) is 4. The molecule has 0 atom stereocenters. The van der Waals surface area contributed by atoms with Crippen molar-refractivity contribution in [1.82, 2.24) is 9.97 Å². The molecule has 0 saturated heterocycles. The van der Waals surface area contributed by atoms with Crippen LogP contribution < -0.4 is 10.1 Å². The number of anilines is 1. The number of nitrogens with one attached hydrogen (secondary N) is 1. The van der Waals surface area contributed by atoms with Gasteiger partial charge in [-0.2, -0.15) is 13.2 Å². The predicted octanol–water partition coefficient (Wildman–Crippen LogP) is 3.15. The summed E-state index contributed by atoms with van der Waals surface area (Å²) < 4.78 is 42.9. The standard InChI is InChI=1S/C14H12F3N3O2/c1-2-22-13-18-7-11(8-19-13)20-12(21)9-4-3-5-10(6-9)14(15,16)17/h3-8H,2H2,1H3,(H,20,21). The third kappa shape index (κ3) is 3.94. The molecule has 2 rings (SSSR count). The van der Waals surface area contributed by atoms with Crippen LogP contribution in [0.25, 0.3) is 0 Å². The lowest BCUT2D eigenvalue weighted by atomic mass is 10.1. The molecular formula is C14H12F3N3O2. The van der Waals surface area contributed by atoms with Gasteiger partial charge in [0.1, 0.15) is 0 Å². The van der Waals surface area contributed by atoms with E-state index in [4.69, 9.17) is 4.74 Å². The molecule has 8 heteroatoms. The van der Waals surface area contributed by atoms with Crippen LogP contribution in [-0.4, -0.2) is 22.5 Å². The molecule has 1 aromatic heterocycles. The van der Waals surface area contributed by atoms with E-state index < -0.39 is 17.6 Å². The third-order valence-corrected chi connectivity index (χ3v) is 2.61. The highest BCUT2D eigenvalue weighted by molar-refractivity contribution is 6.04. The average Bonchev–Trinajstić information content (AvgIpc) is 2.49. The number of amides is 1. The average molecular weight is 311 g/mol. The maximum Gasteiger partial charge on any atom is 0.416 e. The molecule has 0 aliphatic carbocycles. The summed E-state index contributed by atoms with van der Waals surface area (Å²) in [5, 5.41) is 2.42. The molecule has 1 amide bonds. The summed E-state index contributed by atoms with van der Waals surface area (Å²) in [7, 11) is 0. The SMILES string of the molecule is CCOc1ncc(NC(=O)c2cccc(C(F)(F)F)c2)cn1. The second-order valence-corrected chi connectivity index (χ2v) is 4.22. The monoisotopic (exact) mass is 311 g/mol. The normalized spacial score (nSPS) is 11.1. The number of rotatable bonds is 4. The maximum absolute atomic E-state index is 12.6. The molecule has 0 fully saturated rings. The Bertz CT molecular complexity index is 657. The van der Waals surface area contributed by atoms with Crippen molar-refractivity contribution >= 4 is 11.6 Å². The Morgan fingerprint density at radius 3 is 2.55 bits per heavy atom. The fourth-order valence-electron chi connectivity index (χ4n) is 1.62. The number of benzene rings is 1. The minimum absolute atomic E-state index is 0.108. The molecule has 0 aliphatic heterocycles. The van der Waals surface area contributed by atoms with Gasteiger partial charge in [-0.15, -0.1) is 0 Å². The number of carbonyl (C=O) groups excluding carboxylic acids is 1. The van der Waals surface area contributed by atoms with Gasteiger partial charge in [-0.1, -0.05) is 6.07 Å². The summed E-state index contributed by atoms with van der Waals surface area (Å²) in [5.74, 6) is -0.682. The Labute approximate surface area is 124 Å². The molecule has 1 aromatic carbocycles. The number of nitrogens with zero attached hydrogens (tertiary/aromatic N) is 2. The van der Waals surface area contributed by atoms with E-state index in [1.165, 1.54) is 24.5 Å². The van der Waals surface area contributed by atoms with Crippen LogP contribution in [0, 0.1) is 0 Å². The summed E-state index contributed by atoms with van der Waals surface area (Å²) in [5.41, 5.74) is -0.738. The van der Waals surface area contributed by atoms with Crippen LogP contribution in [0.1, 0.15) is 22.8 Å². The summed E-state index contributed by atoms with van der Waals surface area (Å²) in [4.78, 5) is 19.6. The number of ether oxygens (including phenoxy) is 1. The Morgan fingerprint density at radius 1 is 1.27 bits per heavy atom. The first-order valence-corrected chi connectivity index (χ1v) is 6.33. The van der Waals surface area contributed by atoms with Crippen molar-refractivity contribution in [3.63, 3.8) is 0 Å². The summed E-state index contributed by atoms with van der Waals surface area (Å²) in [6.45, 7) is 2.17. The Morgan fingerprint density at radius 2 is 1.95 bits per heavy atom. The Balaban J connectivity index is 2.12. The van der Waals surface area contributed by atoms with Gasteiger partial charge in [0.2, 0.25) is 0 Å². The molecule has 5 nitrogen and oxygen atoms in total. The molecule has 0 bridgehead atoms. The number of carbonyl (C=O) groups is 1. The largest absolute Gasteiger partial charge is 0.464 e. The molecule has 2 aromatic rings. The zero-order valence-corrected chi connectivity index (χ0v) is 11.5. The van der Waals surface area contributed by atoms with E-state index in [0.29, 0.717) is 6.61 Å². The van der Waals surface area contributed by atoms with Crippen LogP contribution in [0.15, 0.2) is 36.7 Å². The van der Waals surface area contributed by atoms with Gasteiger partial charge in [0.05, 0.1) is 30.3 Å². The van der Waals surface area contributed by atoms with Gasteiger partial charge in [-0.05, 0) is 25.1 Å². The van der Waals surface area contributed by atoms with Crippen molar-refractivity contribution in [2.45, 2.75) is 13.1 Å². The first-order chi connectivity index (χ1) is 10.4. The van der Waals surface area contributed by atoms with Gasteiger partial charge in [-0.25, -0.2) is 9.97 Å². The summed E-state index contributed by atoms with van der Waals surface area (Å²) >= 11 is 0. The zero-order chi connectivity index (χ0) is 16.2.